The van der Waals surface area contributed by atoms with Crippen LogP contribution in [0.15, 0.2) is 0 Å². The van der Waals surface area contributed by atoms with E-state index in [1.54, 1.807) is 0 Å². The standard InChI is InChI=1S/C7H13FN2/c8-7-5(9)3-4-1-2-6(7)10-4/h4-7,10H,1-3,9H2/t4-,5+,6+,7-/m0/s1. The van der Waals surface area contributed by atoms with E-state index in [4.69, 9.17) is 5.73 Å². The second-order valence-electron chi connectivity index (χ2n) is 3.39. The highest BCUT2D eigenvalue weighted by molar-refractivity contribution is 4.99. The Labute approximate surface area is 60.0 Å². The highest BCUT2D eigenvalue weighted by atomic mass is 19.1. The fourth-order valence-corrected chi connectivity index (χ4v) is 2.04. The number of alkyl halides is 1. The van der Waals surface area contributed by atoms with Gasteiger partial charge in [-0.25, -0.2) is 4.39 Å². The molecule has 0 radical (unpaired) electrons. The molecule has 0 aliphatic carbocycles. The molecule has 10 heavy (non-hydrogen) atoms. The van der Waals surface area contributed by atoms with Crippen LogP contribution < -0.4 is 11.1 Å². The van der Waals surface area contributed by atoms with Gasteiger partial charge in [-0.1, -0.05) is 0 Å². The molecule has 0 aromatic carbocycles. The van der Waals surface area contributed by atoms with Crippen molar-refractivity contribution in [1.82, 2.24) is 5.32 Å². The van der Waals surface area contributed by atoms with Crippen molar-refractivity contribution in [2.24, 2.45) is 5.73 Å². The van der Waals surface area contributed by atoms with Crippen LogP contribution in [0.1, 0.15) is 19.3 Å². The summed E-state index contributed by atoms with van der Waals surface area (Å²) >= 11 is 0. The van der Waals surface area contributed by atoms with Crippen molar-refractivity contribution in [1.29, 1.82) is 0 Å². The molecule has 0 saturated carbocycles. The Morgan fingerprint density at radius 2 is 2.20 bits per heavy atom. The molecule has 3 heteroatoms. The van der Waals surface area contributed by atoms with E-state index in [2.05, 4.69) is 5.32 Å². The van der Waals surface area contributed by atoms with Gasteiger partial charge in [0.05, 0.1) is 0 Å². The van der Waals surface area contributed by atoms with E-state index >= 15 is 0 Å². The first-order chi connectivity index (χ1) is 4.77. The maximum Gasteiger partial charge on any atom is 0.130 e. The largest absolute Gasteiger partial charge is 0.325 e. The molecule has 2 nitrogen and oxygen atoms in total. The van der Waals surface area contributed by atoms with Gasteiger partial charge in [0.15, 0.2) is 0 Å². The lowest BCUT2D eigenvalue weighted by Gasteiger charge is -2.29. The predicted molar refractivity (Wildman–Crippen MR) is 37.4 cm³/mol. The average molecular weight is 144 g/mol. The number of nitrogens with two attached hydrogens (primary N) is 1. The van der Waals surface area contributed by atoms with Gasteiger partial charge in [0.2, 0.25) is 0 Å². The van der Waals surface area contributed by atoms with E-state index in [1.807, 2.05) is 0 Å². The van der Waals surface area contributed by atoms with Crippen LogP contribution in [0.4, 0.5) is 4.39 Å². The highest BCUT2D eigenvalue weighted by Gasteiger charge is 2.39. The molecule has 0 unspecified atom stereocenters. The van der Waals surface area contributed by atoms with Crippen LogP contribution in [0.3, 0.4) is 0 Å². The second-order valence-corrected chi connectivity index (χ2v) is 3.39. The maximum atomic E-state index is 13.1. The quantitative estimate of drug-likeness (QED) is 0.509. The molecule has 0 amide bonds. The SMILES string of the molecule is N[C@@H]1C[C@@H]2CC[C@@H](N2)[C@H]1F. The number of rotatable bonds is 0. The van der Waals surface area contributed by atoms with E-state index in [0.717, 1.165) is 19.3 Å². The van der Waals surface area contributed by atoms with Crippen LogP contribution in [0.2, 0.25) is 0 Å². The molecule has 0 spiro atoms. The Balaban J connectivity index is 2.09. The van der Waals surface area contributed by atoms with Crippen LogP contribution in [0.25, 0.3) is 0 Å². The molecular weight excluding hydrogens is 131 g/mol. The van der Waals surface area contributed by atoms with Gasteiger partial charge in [-0.05, 0) is 19.3 Å². The lowest BCUT2D eigenvalue weighted by molar-refractivity contribution is 0.180. The number of piperidine rings is 1. The predicted octanol–water partition coefficient (Wildman–Crippen LogP) is 0.176. The molecular formula is C7H13FN2. The monoisotopic (exact) mass is 144 g/mol. The minimum atomic E-state index is -0.807. The summed E-state index contributed by atoms with van der Waals surface area (Å²) in [5.74, 6) is 0. The Bertz CT molecular complexity index is 140. The topological polar surface area (TPSA) is 38.0 Å². The summed E-state index contributed by atoms with van der Waals surface area (Å²) < 4.78 is 13.1. The Kier molecular flexibility index (Phi) is 1.42. The molecule has 2 heterocycles. The molecule has 3 N–H and O–H groups in total. The molecule has 2 aliphatic rings. The van der Waals surface area contributed by atoms with Gasteiger partial charge in [-0.2, -0.15) is 0 Å². The van der Waals surface area contributed by atoms with Crippen molar-refractivity contribution in [3.63, 3.8) is 0 Å². The average Bonchev–Trinajstić information content (AvgIpc) is 2.29. The van der Waals surface area contributed by atoms with Gasteiger partial charge in [-0.3, -0.25) is 0 Å². The minimum absolute atomic E-state index is 0.0637. The number of hydrogen-bond acceptors (Lipinski definition) is 2. The van der Waals surface area contributed by atoms with Crippen LogP contribution >= 0.6 is 0 Å². The molecule has 4 atom stereocenters. The lowest BCUT2D eigenvalue weighted by Crippen LogP contribution is -2.53. The summed E-state index contributed by atoms with van der Waals surface area (Å²) in [6.07, 6.45) is 2.09. The van der Waals surface area contributed by atoms with Crippen molar-refractivity contribution >= 4 is 0 Å². The maximum absolute atomic E-state index is 13.1. The first kappa shape index (κ1) is 6.55. The van der Waals surface area contributed by atoms with Crippen molar-refractivity contribution in [2.75, 3.05) is 0 Å². The van der Waals surface area contributed by atoms with Gasteiger partial charge in [0, 0.05) is 18.1 Å². The molecule has 2 aliphatic heterocycles. The second kappa shape index (κ2) is 2.17. The van der Waals surface area contributed by atoms with Crippen LogP contribution in [-0.2, 0) is 0 Å². The summed E-state index contributed by atoms with van der Waals surface area (Å²) in [7, 11) is 0. The fraction of sp³-hybridized carbons (Fsp3) is 1.00. The first-order valence-corrected chi connectivity index (χ1v) is 3.93. The van der Waals surface area contributed by atoms with Crippen molar-refractivity contribution in [3.8, 4) is 0 Å². The Morgan fingerprint density at radius 3 is 3.00 bits per heavy atom. The molecule has 2 saturated heterocycles. The fourth-order valence-electron chi connectivity index (χ4n) is 2.04. The minimum Gasteiger partial charge on any atom is -0.325 e. The van der Waals surface area contributed by atoms with E-state index in [9.17, 15) is 4.39 Å². The zero-order valence-electron chi connectivity index (χ0n) is 5.89. The van der Waals surface area contributed by atoms with Gasteiger partial charge in [-0.15, -0.1) is 0 Å². The summed E-state index contributed by atoms with van der Waals surface area (Å²) in [6.45, 7) is 0. The van der Waals surface area contributed by atoms with E-state index in [0.29, 0.717) is 6.04 Å². The highest BCUT2D eigenvalue weighted by Crippen LogP contribution is 2.27. The van der Waals surface area contributed by atoms with Gasteiger partial charge in [0.25, 0.3) is 0 Å². The van der Waals surface area contributed by atoms with Crippen molar-refractivity contribution in [3.05, 3.63) is 0 Å². The molecule has 0 aromatic rings. The number of nitrogens with one attached hydrogen (secondary N) is 1. The van der Waals surface area contributed by atoms with Crippen LogP contribution in [0, 0.1) is 0 Å². The molecule has 58 valence electrons. The van der Waals surface area contributed by atoms with Gasteiger partial charge >= 0.3 is 0 Å². The number of hydrogen-bond donors (Lipinski definition) is 2. The molecule has 2 bridgehead atoms. The van der Waals surface area contributed by atoms with Crippen LogP contribution in [-0.4, -0.2) is 24.3 Å². The summed E-state index contributed by atoms with van der Waals surface area (Å²) in [5.41, 5.74) is 5.58. The lowest BCUT2D eigenvalue weighted by atomic mass is 9.99. The summed E-state index contributed by atoms with van der Waals surface area (Å²) in [4.78, 5) is 0. The molecule has 2 rings (SSSR count). The summed E-state index contributed by atoms with van der Waals surface area (Å²) in [5, 5.41) is 3.22. The zero-order chi connectivity index (χ0) is 7.14. The third-order valence-corrected chi connectivity index (χ3v) is 2.63. The van der Waals surface area contributed by atoms with E-state index < -0.39 is 6.17 Å². The first-order valence-electron chi connectivity index (χ1n) is 3.93. The normalized spacial score (nSPS) is 53.4. The Hall–Kier alpha value is -0.150. The van der Waals surface area contributed by atoms with Gasteiger partial charge in [0.1, 0.15) is 6.17 Å². The number of fused-ring (bicyclic) bond motifs is 2. The third kappa shape index (κ3) is 0.847. The van der Waals surface area contributed by atoms with E-state index in [-0.39, 0.29) is 12.1 Å². The Morgan fingerprint density at radius 1 is 1.40 bits per heavy atom. The number of halogens is 1. The van der Waals surface area contributed by atoms with Crippen LogP contribution in [0.5, 0.6) is 0 Å². The van der Waals surface area contributed by atoms with E-state index in [1.165, 1.54) is 0 Å². The summed E-state index contributed by atoms with van der Waals surface area (Å²) in [6, 6.07) is 0.361. The smallest absolute Gasteiger partial charge is 0.130 e. The third-order valence-electron chi connectivity index (χ3n) is 2.63. The molecule has 0 aromatic heterocycles. The van der Waals surface area contributed by atoms with Crippen molar-refractivity contribution < 1.29 is 4.39 Å². The zero-order valence-corrected chi connectivity index (χ0v) is 5.89. The van der Waals surface area contributed by atoms with Gasteiger partial charge < -0.3 is 11.1 Å². The molecule has 2 fully saturated rings. The van der Waals surface area contributed by atoms with Crippen molar-refractivity contribution in [2.45, 2.75) is 43.6 Å².